The van der Waals surface area contributed by atoms with Crippen LogP contribution < -0.4 is 0 Å². The fourth-order valence-corrected chi connectivity index (χ4v) is 2.17. The number of hydrogen-bond acceptors (Lipinski definition) is 2. The zero-order valence-electron chi connectivity index (χ0n) is 6.23. The van der Waals surface area contributed by atoms with Crippen LogP contribution in [0.4, 0.5) is 13.2 Å². The van der Waals surface area contributed by atoms with Gasteiger partial charge in [-0.1, -0.05) is 0 Å². The average Bonchev–Trinajstić information content (AvgIpc) is 2.72. The first-order chi connectivity index (χ1) is 5.50. The summed E-state index contributed by atoms with van der Waals surface area (Å²) in [6.45, 7) is 0. The number of alkyl halides is 3. The topological polar surface area (TPSA) is 24.7 Å². The molecule has 1 spiro atoms. The molecule has 0 N–H and O–H groups in total. The summed E-state index contributed by atoms with van der Waals surface area (Å²) in [5.74, 6) is -6.56. The van der Waals surface area contributed by atoms with E-state index in [2.05, 4.69) is 10.2 Å². The van der Waals surface area contributed by atoms with Crippen molar-refractivity contribution in [3.05, 3.63) is 0 Å². The van der Waals surface area contributed by atoms with E-state index < -0.39 is 23.2 Å². The smallest absolute Gasteiger partial charge is 0.209 e. The summed E-state index contributed by atoms with van der Waals surface area (Å²) in [7, 11) is 0. The van der Waals surface area contributed by atoms with Gasteiger partial charge in [-0.25, -0.2) is 13.2 Å². The molecule has 0 amide bonds. The number of nitrogens with zero attached hydrogens (tertiary/aromatic N) is 2. The number of rotatable bonds is 0. The maximum Gasteiger partial charge on any atom is 0.304 e. The van der Waals surface area contributed by atoms with Gasteiger partial charge in [0.1, 0.15) is 0 Å². The molecule has 2 aliphatic carbocycles. The lowest BCUT2D eigenvalue weighted by molar-refractivity contribution is -0.243. The summed E-state index contributed by atoms with van der Waals surface area (Å²) in [6.07, 6.45) is 1.07. The van der Waals surface area contributed by atoms with Crippen molar-refractivity contribution < 1.29 is 13.2 Å². The van der Waals surface area contributed by atoms with Gasteiger partial charge in [0.2, 0.25) is 0 Å². The minimum atomic E-state index is -3.27. The van der Waals surface area contributed by atoms with Crippen molar-refractivity contribution in [3.63, 3.8) is 0 Å². The molecule has 2 saturated carbocycles. The second-order valence-corrected chi connectivity index (χ2v) is 3.94. The van der Waals surface area contributed by atoms with Gasteiger partial charge in [0, 0.05) is 6.42 Å². The highest BCUT2D eigenvalue weighted by atomic mass is 19.3. The van der Waals surface area contributed by atoms with Gasteiger partial charge in [-0.15, -0.1) is 5.11 Å². The molecule has 0 bridgehead atoms. The first kappa shape index (κ1) is 6.86. The van der Waals surface area contributed by atoms with Crippen molar-refractivity contribution >= 4 is 0 Å². The van der Waals surface area contributed by atoms with Crippen molar-refractivity contribution in [2.24, 2.45) is 16.1 Å². The normalized spacial score (nSPS) is 50.4. The number of hydrogen-bond donors (Lipinski definition) is 0. The molecular weight excluding hydrogens is 169 g/mol. The van der Waals surface area contributed by atoms with Crippen LogP contribution >= 0.6 is 0 Å². The van der Waals surface area contributed by atoms with Crippen LogP contribution in [0.1, 0.15) is 19.3 Å². The van der Waals surface area contributed by atoms with Crippen LogP contribution in [0.3, 0.4) is 0 Å². The summed E-state index contributed by atoms with van der Waals surface area (Å²) in [5.41, 5.74) is -0.517. The predicted octanol–water partition coefficient (Wildman–Crippen LogP) is 2.31. The maximum absolute atomic E-state index is 13.4. The Labute approximate surface area is 66.9 Å². The molecule has 0 aromatic heterocycles. The highest BCUT2D eigenvalue weighted by Gasteiger charge is 2.81. The molecule has 2 nitrogen and oxygen atoms in total. The van der Waals surface area contributed by atoms with Gasteiger partial charge in [0.05, 0.1) is 11.5 Å². The molecule has 1 aliphatic heterocycles. The van der Waals surface area contributed by atoms with Crippen molar-refractivity contribution in [3.8, 4) is 0 Å². The van der Waals surface area contributed by atoms with Gasteiger partial charge in [-0.05, 0) is 12.8 Å². The van der Waals surface area contributed by atoms with E-state index in [1.165, 1.54) is 0 Å². The molecule has 1 heterocycles. The monoisotopic (exact) mass is 176 g/mol. The average molecular weight is 176 g/mol. The molecule has 66 valence electrons. The Kier molecular flexibility index (Phi) is 0.812. The van der Waals surface area contributed by atoms with E-state index >= 15 is 0 Å². The Hall–Kier alpha value is -0.610. The predicted molar refractivity (Wildman–Crippen MR) is 33.7 cm³/mol. The van der Waals surface area contributed by atoms with Gasteiger partial charge in [-0.2, -0.15) is 5.11 Å². The standard InChI is InChI=1S/C7H7F3N2/c8-6(9)3-4-5(1-2-5)11-12-7(4,6)10/h4H,1-3H2. The summed E-state index contributed by atoms with van der Waals surface area (Å²) in [5, 5.41) is 6.75. The Bertz CT molecular complexity index is 284. The number of halogens is 3. The molecule has 2 atom stereocenters. The minimum Gasteiger partial charge on any atom is -0.209 e. The lowest BCUT2D eigenvalue weighted by atomic mass is 9.69. The van der Waals surface area contributed by atoms with E-state index in [-0.39, 0.29) is 6.42 Å². The summed E-state index contributed by atoms with van der Waals surface area (Å²) in [6, 6.07) is 0. The zero-order chi connectivity index (χ0) is 8.61. The second-order valence-electron chi connectivity index (χ2n) is 3.94. The van der Waals surface area contributed by atoms with Crippen molar-refractivity contribution in [1.29, 1.82) is 0 Å². The highest BCUT2D eigenvalue weighted by Crippen LogP contribution is 2.69. The molecule has 12 heavy (non-hydrogen) atoms. The van der Waals surface area contributed by atoms with Crippen molar-refractivity contribution in [2.45, 2.75) is 36.5 Å². The quantitative estimate of drug-likeness (QED) is 0.506. The van der Waals surface area contributed by atoms with E-state index in [0.29, 0.717) is 0 Å². The Morgan fingerprint density at radius 2 is 1.75 bits per heavy atom. The summed E-state index contributed by atoms with van der Waals surface area (Å²) >= 11 is 0. The molecule has 3 rings (SSSR count). The Morgan fingerprint density at radius 1 is 1.08 bits per heavy atom. The lowest BCUT2D eigenvalue weighted by Gasteiger charge is -2.44. The summed E-state index contributed by atoms with van der Waals surface area (Å²) in [4.78, 5) is 0. The molecule has 3 aliphatic rings. The molecular formula is C7H7F3N2. The second kappa shape index (κ2) is 1.42. The van der Waals surface area contributed by atoms with E-state index in [0.717, 1.165) is 12.8 Å². The van der Waals surface area contributed by atoms with Gasteiger partial charge >= 0.3 is 5.92 Å². The first-order valence-corrected chi connectivity index (χ1v) is 4.01. The van der Waals surface area contributed by atoms with Gasteiger partial charge < -0.3 is 0 Å². The molecule has 0 radical (unpaired) electrons. The van der Waals surface area contributed by atoms with Crippen LogP contribution in [0.5, 0.6) is 0 Å². The highest BCUT2D eigenvalue weighted by molar-refractivity contribution is 5.25. The third-order valence-corrected chi connectivity index (χ3v) is 3.24. The summed E-state index contributed by atoms with van der Waals surface area (Å²) < 4.78 is 38.8. The van der Waals surface area contributed by atoms with Gasteiger partial charge in [0.25, 0.3) is 5.79 Å². The SMILES string of the molecule is FC1(F)CC2C3(CC3)N=NC21F. The van der Waals surface area contributed by atoms with E-state index in [1.807, 2.05) is 0 Å². The van der Waals surface area contributed by atoms with E-state index in [1.54, 1.807) is 0 Å². The van der Waals surface area contributed by atoms with Crippen molar-refractivity contribution in [1.82, 2.24) is 0 Å². The molecule has 0 aromatic carbocycles. The van der Waals surface area contributed by atoms with E-state index in [9.17, 15) is 13.2 Å². The first-order valence-electron chi connectivity index (χ1n) is 4.01. The number of fused-ring (bicyclic) bond motifs is 2. The fourth-order valence-electron chi connectivity index (χ4n) is 2.17. The number of azo groups is 1. The maximum atomic E-state index is 13.4. The van der Waals surface area contributed by atoms with Crippen LogP contribution in [-0.4, -0.2) is 17.3 Å². The molecule has 0 aromatic rings. The van der Waals surface area contributed by atoms with Crippen LogP contribution in [0.2, 0.25) is 0 Å². The van der Waals surface area contributed by atoms with Crippen LogP contribution in [-0.2, 0) is 0 Å². The van der Waals surface area contributed by atoms with Gasteiger partial charge in [0.15, 0.2) is 0 Å². The van der Waals surface area contributed by atoms with Crippen molar-refractivity contribution in [2.75, 3.05) is 0 Å². The van der Waals surface area contributed by atoms with Gasteiger partial charge in [-0.3, -0.25) is 0 Å². The Morgan fingerprint density at radius 3 is 2.17 bits per heavy atom. The molecule has 2 unspecified atom stereocenters. The zero-order valence-corrected chi connectivity index (χ0v) is 6.23. The molecule has 2 fully saturated rings. The lowest BCUT2D eigenvalue weighted by Crippen LogP contribution is -2.61. The van der Waals surface area contributed by atoms with E-state index in [4.69, 9.17) is 0 Å². The molecule has 5 heteroatoms. The van der Waals surface area contributed by atoms with Crippen LogP contribution in [0, 0.1) is 5.92 Å². The third-order valence-electron chi connectivity index (χ3n) is 3.24. The Balaban J connectivity index is 2.01. The minimum absolute atomic E-state index is 0.378. The van der Waals surface area contributed by atoms with Crippen LogP contribution in [0.15, 0.2) is 10.2 Å². The van der Waals surface area contributed by atoms with Crippen LogP contribution in [0.25, 0.3) is 0 Å². The largest absolute Gasteiger partial charge is 0.304 e. The molecule has 0 saturated heterocycles. The third kappa shape index (κ3) is 0.473. The fraction of sp³-hybridized carbons (Fsp3) is 1.00.